The zero-order chi connectivity index (χ0) is 33.3. The second kappa shape index (κ2) is 33.2. The normalized spacial score (nSPS) is 13.2. The Morgan fingerprint density at radius 2 is 0.800 bits per heavy atom. The van der Waals surface area contributed by atoms with E-state index in [1.165, 1.54) is 154 Å². The molecular formula is C38H77NO5S. The van der Waals surface area contributed by atoms with Gasteiger partial charge in [0.2, 0.25) is 5.91 Å². The fourth-order valence-corrected chi connectivity index (χ4v) is 7.10. The minimum Gasteiger partial charge on any atom is -0.391 e. The highest BCUT2D eigenvalue weighted by atomic mass is 32.2. The van der Waals surface area contributed by atoms with Crippen molar-refractivity contribution in [2.75, 3.05) is 5.75 Å². The van der Waals surface area contributed by atoms with Gasteiger partial charge < -0.3 is 10.4 Å². The molecule has 270 valence electrons. The van der Waals surface area contributed by atoms with Crippen molar-refractivity contribution >= 4 is 16.0 Å². The first-order valence-electron chi connectivity index (χ1n) is 19.7. The van der Waals surface area contributed by atoms with Gasteiger partial charge in [-0.3, -0.25) is 9.35 Å². The molecule has 1 amide bonds. The van der Waals surface area contributed by atoms with E-state index in [4.69, 9.17) is 0 Å². The lowest BCUT2D eigenvalue weighted by molar-refractivity contribution is -0.122. The van der Waals surface area contributed by atoms with Crippen LogP contribution in [-0.4, -0.2) is 41.9 Å². The maximum Gasteiger partial charge on any atom is 0.266 e. The van der Waals surface area contributed by atoms with Crippen molar-refractivity contribution < 1.29 is 22.9 Å². The number of carbonyl (C=O) groups excluding carboxylic acids is 1. The molecule has 6 nitrogen and oxygen atoms in total. The Hall–Kier alpha value is -0.660. The van der Waals surface area contributed by atoms with Crippen LogP contribution < -0.4 is 5.32 Å². The summed E-state index contributed by atoms with van der Waals surface area (Å²) in [5.41, 5.74) is 0. The fraction of sp³-hybridized carbons (Fsp3) is 0.974. The summed E-state index contributed by atoms with van der Waals surface area (Å²) in [6, 6.07) is -0.962. The molecule has 2 atom stereocenters. The monoisotopic (exact) mass is 660 g/mol. The van der Waals surface area contributed by atoms with Crippen LogP contribution >= 0.6 is 0 Å². The summed E-state index contributed by atoms with van der Waals surface area (Å²) < 4.78 is 32.5. The van der Waals surface area contributed by atoms with Crippen LogP contribution in [0.2, 0.25) is 0 Å². The molecular weight excluding hydrogens is 582 g/mol. The molecule has 0 spiro atoms. The number of aliphatic hydroxyl groups excluding tert-OH is 1. The predicted octanol–water partition coefficient (Wildman–Crippen LogP) is 11.2. The molecule has 0 saturated heterocycles. The third kappa shape index (κ3) is 34.5. The van der Waals surface area contributed by atoms with Crippen molar-refractivity contribution in [2.45, 2.75) is 231 Å². The molecule has 0 aromatic rings. The van der Waals surface area contributed by atoms with Crippen LogP contribution in [0.1, 0.15) is 219 Å². The molecule has 3 N–H and O–H groups in total. The molecule has 0 radical (unpaired) electrons. The predicted molar refractivity (Wildman–Crippen MR) is 193 cm³/mol. The number of amides is 1. The van der Waals surface area contributed by atoms with Crippen LogP contribution in [0.4, 0.5) is 0 Å². The van der Waals surface area contributed by atoms with Gasteiger partial charge in [0.25, 0.3) is 10.1 Å². The SMILES string of the molecule is CCCCCCCCCCCCCCCCCCCC(O)C(CS(=O)(=O)O)NC(=O)CCCCCCCCCCCCCCC. The maximum absolute atomic E-state index is 12.5. The molecule has 0 bridgehead atoms. The molecule has 0 aromatic carbocycles. The number of rotatable bonds is 36. The Kier molecular flexibility index (Phi) is 32.8. The van der Waals surface area contributed by atoms with Gasteiger partial charge in [0, 0.05) is 6.42 Å². The van der Waals surface area contributed by atoms with E-state index in [1.807, 2.05) is 0 Å². The summed E-state index contributed by atoms with van der Waals surface area (Å²) >= 11 is 0. The number of hydrogen-bond donors (Lipinski definition) is 3. The first-order chi connectivity index (χ1) is 21.8. The van der Waals surface area contributed by atoms with Gasteiger partial charge in [0.15, 0.2) is 0 Å². The first kappa shape index (κ1) is 44.3. The number of unbranched alkanes of at least 4 members (excludes halogenated alkanes) is 28. The van der Waals surface area contributed by atoms with Crippen LogP contribution in [0.25, 0.3) is 0 Å². The van der Waals surface area contributed by atoms with Gasteiger partial charge >= 0.3 is 0 Å². The molecule has 0 aliphatic rings. The van der Waals surface area contributed by atoms with E-state index in [2.05, 4.69) is 19.2 Å². The average Bonchev–Trinajstić information content (AvgIpc) is 3.00. The summed E-state index contributed by atoms with van der Waals surface area (Å²) in [4.78, 5) is 12.5. The van der Waals surface area contributed by atoms with Crippen molar-refractivity contribution in [1.82, 2.24) is 5.32 Å². The zero-order valence-electron chi connectivity index (χ0n) is 30.0. The average molecular weight is 660 g/mol. The summed E-state index contributed by atoms with van der Waals surface area (Å²) in [6.07, 6.45) is 37.6. The maximum atomic E-state index is 12.5. The van der Waals surface area contributed by atoms with Gasteiger partial charge in [0.05, 0.1) is 17.9 Å². The second-order valence-corrected chi connectivity index (χ2v) is 15.4. The summed E-state index contributed by atoms with van der Waals surface area (Å²) in [5.74, 6) is -0.884. The quantitative estimate of drug-likeness (QED) is 0.0458. The number of carbonyl (C=O) groups is 1. The summed E-state index contributed by atoms with van der Waals surface area (Å²) in [7, 11) is -4.30. The third-order valence-electron chi connectivity index (χ3n) is 9.31. The Morgan fingerprint density at radius 1 is 0.511 bits per heavy atom. The van der Waals surface area contributed by atoms with E-state index in [-0.39, 0.29) is 5.91 Å². The van der Waals surface area contributed by atoms with Gasteiger partial charge in [-0.2, -0.15) is 8.42 Å². The Bertz CT molecular complexity index is 730. The lowest BCUT2D eigenvalue weighted by atomic mass is 10.0. The topological polar surface area (TPSA) is 104 Å². The van der Waals surface area contributed by atoms with Gasteiger partial charge in [0.1, 0.15) is 0 Å². The second-order valence-electron chi connectivity index (χ2n) is 13.9. The molecule has 2 unspecified atom stereocenters. The van der Waals surface area contributed by atoms with E-state index >= 15 is 0 Å². The van der Waals surface area contributed by atoms with Crippen molar-refractivity contribution in [2.24, 2.45) is 0 Å². The molecule has 45 heavy (non-hydrogen) atoms. The number of aliphatic hydroxyl groups is 1. The van der Waals surface area contributed by atoms with Crippen molar-refractivity contribution in [3.8, 4) is 0 Å². The molecule has 0 saturated carbocycles. The smallest absolute Gasteiger partial charge is 0.266 e. The molecule has 0 heterocycles. The first-order valence-corrected chi connectivity index (χ1v) is 21.3. The molecule has 0 fully saturated rings. The van der Waals surface area contributed by atoms with Crippen molar-refractivity contribution in [1.29, 1.82) is 0 Å². The highest BCUT2D eigenvalue weighted by molar-refractivity contribution is 7.85. The third-order valence-corrected chi connectivity index (χ3v) is 10.1. The van der Waals surface area contributed by atoms with Crippen LogP contribution in [0.3, 0.4) is 0 Å². The van der Waals surface area contributed by atoms with E-state index < -0.39 is 28.0 Å². The van der Waals surface area contributed by atoms with Crippen LogP contribution in [0.5, 0.6) is 0 Å². The molecule has 7 heteroatoms. The van der Waals surface area contributed by atoms with Crippen LogP contribution in [-0.2, 0) is 14.9 Å². The van der Waals surface area contributed by atoms with Gasteiger partial charge in [-0.05, 0) is 12.8 Å². The van der Waals surface area contributed by atoms with Gasteiger partial charge in [-0.15, -0.1) is 0 Å². The fourth-order valence-electron chi connectivity index (χ4n) is 6.34. The van der Waals surface area contributed by atoms with Crippen LogP contribution in [0.15, 0.2) is 0 Å². The highest BCUT2D eigenvalue weighted by Gasteiger charge is 2.26. The van der Waals surface area contributed by atoms with E-state index in [1.54, 1.807) is 0 Å². The summed E-state index contributed by atoms with van der Waals surface area (Å²) in [5, 5.41) is 13.3. The largest absolute Gasteiger partial charge is 0.391 e. The molecule has 0 aliphatic carbocycles. The lowest BCUT2D eigenvalue weighted by Crippen LogP contribution is -2.47. The number of hydrogen-bond acceptors (Lipinski definition) is 4. The zero-order valence-corrected chi connectivity index (χ0v) is 30.8. The highest BCUT2D eigenvalue weighted by Crippen LogP contribution is 2.16. The minimum atomic E-state index is -4.30. The number of nitrogens with one attached hydrogen (secondary N) is 1. The van der Waals surface area contributed by atoms with Gasteiger partial charge in [-0.25, -0.2) is 0 Å². The summed E-state index contributed by atoms with van der Waals surface area (Å²) in [6.45, 7) is 4.52. The van der Waals surface area contributed by atoms with Crippen LogP contribution in [0, 0.1) is 0 Å². The minimum absolute atomic E-state index is 0.242. The van der Waals surface area contributed by atoms with Crippen molar-refractivity contribution in [3.05, 3.63) is 0 Å². The Labute approximate surface area is 280 Å². The van der Waals surface area contributed by atoms with E-state index in [0.717, 1.165) is 38.5 Å². The Balaban J connectivity index is 3.84. The molecule has 0 rings (SSSR count). The molecule has 0 aliphatic heterocycles. The van der Waals surface area contributed by atoms with Crippen molar-refractivity contribution in [3.63, 3.8) is 0 Å². The molecule has 0 aromatic heterocycles. The van der Waals surface area contributed by atoms with E-state index in [9.17, 15) is 22.9 Å². The lowest BCUT2D eigenvalue weighted by Gasteiger charge is -2.23. The van der Waals surface area contributed by atoms with Gasteiger partial charge in [-0.1, -0.05) is 200 Å². The van der Waals surface area contributed by atoms with E-state index in [0.29, 0.717) is 12.8 Å². The Morgan fingerprint density at radius 3 is 1.11 bits per heavy atom. The standard InChI is InChI=1S/C38H77NO5S/c1-3-5-7-9-11-13-15-17-18-19-20-22-23-25-27-29-31-33-37(40)36(35-45(42,43)44)39-38(41)34-32-30-28-26-24-21-16-14-12-10-8-6-4-2/h36-37,40H,3-35H2,1-2H3,(H,39,41)(H,42,43,44).